The van der Waals surface area contributed by atoms with E-state index in [4.69, 9.17) is 14.2 Å². The first-order valence-corrected chi connectivity index (χ1v) is 9.28. The molecule has 3 aromatic carbocycles. The summed E-state index contributed by atoms with van der Waals surface area (Å²) in [5, 5.41) is 0. The number of esters is 1. The highest BCUT2D eigenvalue weighted by molar-refractivity contribution is 5.94. The van der Waals surface area contributed by atoms with Gasteiger partial charge in [0.2, 0.25) is 0 Å². The number of rotatable bonds is 6. The number of para-hydroxylation sites is 2. The van der Waals surface area contributed by atoms with E-state index < -0.39 is 5.97 Å². The van der Waals surface area contributed by atoms with Gasteiger partial charge < -0.3 is 14.2 Å². The van der Waals surface area contributed by atoms with Crippen LogP contribution in [0.2, 0.25) is 0 Å². The normalized spacial score (nSPS) is 10.4. The maximum atomic E-state index is 12.5. The van der Waals surface area contributed by atoms with Crippen molar-refractivity contribution in [1.29, 1.82) is 0 Å². The molecule has 0 saturated carbocycles. The lowest BCUT2D eigenvalue weighted by Crippen LogP contribution is -2.09. The van der Waals surface area contributed by atoms with Crippen LogP contribution in [-0.2, 0) is 4.74 Å². The molecule has 0 saturated heterocycles. The Morgan fingerprint density at radius 2 is 1.32 bits per heavy atom. The van der Waals surface area contributed by atoms with Gasteiger partial charge in [-0.25, -0.2) is 4.79 Å². The Hall–Kier alpha value is -3.27. The monoisotopic (exact) mass is 376 g/mol. The third-order valence-electron chi connectivity index (χ3n) is 4.39. The summed E-state index contributed by atoms with van der Waals surface area (Å²) in [6.07, 6.45) is 0. The van der Waals surface area contributed by atoms with Crippen LogP contribution in [0, 0.1) is 20.8 Å². The maximum Gasteiger partial charge on any atom is 0.342 e. The smallest absolute Gasteiger partial charge is 0.342 e. The van der Waals surface area contributed by atoms with E-state index in [0.717, 1.165) is 22.4 Å². The Kier molecular flexibility index (Phi) is 5.99. The van der Waals surface area contributed by atoms with Crippen LogP contribution in [0.1, 0.15) is 34.0 Å². The van der Waals surface area contributed by atoms with Crippen LogP contribution in [0.4, 0.5) is 0 Å². The zero-order valence-electron chi connectivity index (χ0n) is 16.6. The van der Waals surface area contributed by atoms with Crippen molar-refractivity contribution < 1.29 is 19.0 Å². The fourth-order valence-corrected chi connectivity index (χ4v) is 2.91. The summed E-state index contributed by atoms with van der Waals surface area (Å²) in [6, 6.07) is 19.0. The quantitative estimate of drug-likeness (QED) is 0.469. The Balaban J connectivity index is 2.04. The lowest BCUT2D eigenvalue weighted by Gasteiger charge is -2.17. The molecule has 0 aliphatic rings. The molecule has 0 spiro atoms. The van der Waals surface area contributed by atoms with Crippen LogP contribution in [-0.4, -0.2) is 12.6 Å². The molecule has 4 heteroatoms. The molecule has 4 nitrogen and oxygen atoms in total. The number of carbonyl (C=O) groups is 1. The molecule has 0 aliphatic carbocycles. The lowest BCUT2D eigenvalue weighted by molar-refractivity contribution is 0.0522. The van der Waals surface area contributed by atoms with Crippen molar-refractivity contribution in [2.75, 3.05) is 6.61 Å². The zero-order chi connectivity index (χ0) is 20.1. The van der Waals surface area contributed by atoms with Gasteiger partial charge >= 0.3 is 5.97 Å². The van der Waals surface area contributed by atoms with Gasteiger partial charge in [-0.2, -0.15) is 0 Å². The largest absolute Gasteiger partial charge is 0.462 e. The molecule has 0 heterocycles. The molecule has 0 fully saturated rings. The number of benzene rings is 3. The van der Waals surface area contributed by atoms with E-state index in [1.165, 1.54) is 0 Å². The first kappa shape index (κ1) is 19.5. The standard InChI is InChI=1S/C24H24O4/c1-5-26-24(25)23-18(4)14-19(27-20-12-8-6-10-16(20)2)15-22(23)28-21-13-9-7-11-17(21)3/h6-15H,5H2,1-4H3. The topological polar surface area (TPSA) is 44.8 Å². The minimum Gasteiger partial charge on any atom is -0.462 e. The summed E-state index contributed by atoms with van der Waals surface area (Å²) in [4.78, 5) is 12.5. The van der Waals surface area contributed by atoms with Crippen LogP contribution in [0.5, 0.6) is 23.0 Å². The molecule has 0 aromatic heterocycles. The molecule has 0 amide bonds. The summed E-state index contributed by atoms with van der Waals surface area (Å²) in [5.74, 6) is 2.04. The van der Waals surface area contributed by atoms with E-state index >= 15 is 0 Å². The van der Waals surface area contributed by atoms with E-state index in [9.17, 15) is 4.79 Å². The predicted molar refractivity (Wildman–Crippen MR) is 110 cm³/mol. The van der Waals surface area contributed by atoms with Gasteiger partial charge in [0.1, 0.15) is 28.6 Å². The number of carbonyl (C=O) groups excluding carboxylic acids is 1. The van der Waals surface area contributed by atoms with Crippen LogP contribution >= 0.6 is 0 Å². The Labute approximate surface area is 165 Å². The molecular weight excluding hydrogens is 352 g/mol. The summed E-state index contributed by atoms with van der Waals surface area (Å²) in [5.41, 5.74) is 3.13. The third-order valence-corrected chi connectivity index (χ3v) is 4.39. The molecule has 3 rings (SSSR count). The van der Waals surface area contributed by atoms with Gasteiger partial charge in [0, 0.05) is 6.07 Å². The Morgan fingerprint density at radius 3 is 1.89 bits per heavy atom. The van der Waals surface area contributed by atoms with Crippen molar-refractivity contribution >= 4 is 5.97 Å². The lowest BCUT2D eigenvalue weighted by atomic mass is 10.1. The number of ether oxygens (including phenoxy) is 3. The van der Waals surface area contributed by atoms with Crippen molar-refractivity contribution in [1.82, 2.24) is 0 Å². The van der Waals surface area contributed by atoms with Gasteiger partial charge in [0.15, 0.2) is 0 Å². The van der Waals surface area contributed by atoms with Gasteiger partial charge in [-0.1, -0.05) is 36.4 Å². The molecule has 0 atom stereocenters. The second-order valence-electron chi connectivity index (χ2n) is 6.57. The van der Waals surface area contributed by atoms with E-state index in [0.29, 0.717) is 29.4 Å². The predicted octanol–water partition coefficient (Wildman–Crippen LogP) is 6.37. The molecule has 0 unspecified atom stereocenters. The number of hydrogen-bond acceptors (Lipinski definition) is 4. The molecule has 144 valence electrons. The van der Waals surface area contributed by atoms with E-state index in [1.807, 2.05) is 75.4 Å². The molecule has 0 aliphatic heterocycles. The zero-order valence-corrected chi connectivity index (χ0v) is 16.6. The Bertz CT molecular complexity index is 992. The molecule has 28 heavy (non-hydrogen) atoms. The van der Waals surface area contributed by atoms with Crippen molar-refractivity contribution in [3.8, 4) is 23.0 Å². The highest BCUT2D eigenvalue weighted by atomic mass is 16.5. The van der Waals surface area contributed by atoms with Crippen molar-refractivity contribution in [3.05, 3.63) is 82.9 Å². The minimum atomic E-state index is -0.411. The summed E-state index contributed by atoms with van der Waals surface area (Å²) >= 11 is 0. The fourth-order valence-electron chi connectivity index (χ4n) is 2.91. The highest BCUT2D eigenvalue weighted by Crippen LogP contribution is 2.36. The summed E-state index contributed by atoms with van der Waals surface area (Å²) < 4.78 is 17.4. The van der Waals surface area contributed by atoms with Gasteiger partial charge in [-0.15, -0.1) is 0 Å². The summed E-state index contributed by atoms with van der Waals surface area (Å²) in [7, 11) is 0. The van der Waals surface area contributed by atoms with Crippen molar-refractivity contribution in [2.24, 2.45) is 0 Å². The number of aryl methyl sites for hydroxylation is 3. The highest BCUT2D eigenvalue weighted by Gasteiger charge is 2.20. The number of hydrogen-bond donors (Lipinski definition) is 0. The third kappa shape index (κ3) is 4.34. The van der Waals surface area contributed by atoms with Crippen molar-refractivity contribution in [2.45, 2.75) is 27.7 Å². The second kappa shape index (κ2) is 8.61. The molecule has 0 bridgehead atoms. The van der Waals surface area contributed by atoms with Crippen LogP contribution in [0.25, 0.3) is 0 Å². The molecule has 0 N–H and O–H groups in total. The average molecular weight is 376 g/mol. The maximum absolute atomic E-state index is 12.5. The fraction of sp³-hybridized carbons (Fsp3) is 0.208. The first-order valence-electron chi connectivity index (χ1n) is 9.28. The van der Waals surface area contributed by atoms with Crippen LogP contribution in [0.3, 0.4) is 0 Å². The minimum absolute atomic E-state index is 0.295. The van der Waals surface area contributed by atoms with Crippen molar-refractivity contribution in [3.63, 3.8) is 0 Å². The SMILES string of the molecule is CCOC(=O)c1c(C)cc(Oc2ccccc2C)cc1Oc1ccccc1C. The van der Waals surface area contributed by atoms with E-state index in [-0.39, 0.29) is 0 Å². The molecule has 3 aromatic rings. The van der Waals surface area contributed by atoms with Gasteiger partial charge in [-0.3, -0.25) is 0 Å². The van der Waals surface area contributed by atoms with E-state index in [1.54, 1.807) is 13.0 Å². The Morgan fingerprint density at radius 1 is 0.750 bits per heavy atom. The van der Waals surface area contributed by atoms with Gasteiger partial charge in [0.25, 0.3) is 0 Å². The first-order chi connectivity index (χ1) is 13.5. The van der Waals surface area contributed by atoms with Crippen LogP contribution < -0.4 is 9.47 Å². The van der Waals surface area contributed by atoms with Gasteiger partial charge in [-0.05, 0) is 62.6 Å². The molecule has 0 radical (unpaired) electrons. The van der Waals surface area contributed by atoms with Gasteiger partial charge in [0.05, 0.1) is 6.61 Å². The van der Waals surface area contributed by atoms with Crippen LogP contribution in [0.15, 0.2) is 60.7 Å². The summed E-state index contributed by atoms with van der Waals surface area (Å²) in [6.45, 7) is 7.87. The van der Waals surface area contributed by atoms with E-state index in [2.05, 4.69) is 0 Å². The second-order valence-corrected chi connectivity index (χ2v) is 6.57. The average Bonchev–Trinajstić information content (AvgIpc) is 2.65. The molecular formula is C24H24O4.